The van der Waals surface area contributed by atoms with Crippen molar-refractivity contribution in [3.05, 3.63) is 41.5 Å². The van der Waals surface area contributed by atoms with E-state index in [2.05, 4.69) is 65.7 Å². The van der Waals surface area contributed by atoms with Gasteiger partial charge in [0.2, 0.25) is 11.5 Å². The van der Waals surface area contributed by atoms with Crippen molar-refractivity contribution in [2.45, 2.75) is 26.2 Å². The van der Waals surface area contributed by atoms with E-state index in [4.69, 9.17) is 0 Å². The van der Waals surface area contributed by atoms with Crippen LogP contribution in [-0.4, -0.2) is 37.1 Å². The molecule has 0 saturated carbocycles. The smallest absolute Gasteiger partial charge is 0.250 e. The zero-order valence-corrected chi connectivity index (χ0v) is 15.4. The van der Waals surface area contributed by atoms with Crippen LogP contribution in [0.4, 0.5) is 5.82 Å². The van der Waals surface area contributed by atoms with Crippen LogP contribution in [0.25, 0.3) is 16.7 Å². The van der Waals surface area contributed by atoms with E-state index in [1.807, 2.05) is 18.2 Å². The van der Waals surface area contributed by atoms with Gasteiger partial charge in [0.15, 0.2) is 0 Å². The van der Waals surface area contributed by atoms with Crippen molar-refractivity contribution in [3.8, 4) is 6.07 Å². The Morgan fingerprint density at radius 3 is 2.72 bits per heavy atom. The summed E-state index contributed by atoms with van der Waals surface area (Å²) in [7, 11) is 4.18. The van der Waals surface area contributed by atoms with Gasteiger partial charge in [-0.05, 0) is 44.1 Å². The second-order valence-electron chi connectivity index (χ2n) is 7.04. The van der Waals surface area contributed by atoms with Gasteiger partial charge in [-0.2, -0.15) is 9.66 Å². The normalized spacial score (nSPS) is 11.6. The summed E-state index contributed by atoms with van der Waals surface area (Å²) in [5.41, 5.74) is 4.79. The van der Waals surface area contributed by atoms with Crippen LogP contribution in [0, 0.1) is 11.3 Å². The van der Waals surface area contributed by atoms with E-state index < -0.39 is 0 Å². The third-order valence-electron chi connectivity index (χ3n) is 4.50. The SMILES string of the molecule is CC(C)c1cc(NCCCN(C)C)[n+]2c([nH]c3ccccc32)c1C#N. The number of benzene rings is 1. The number of aromatic nitrogens is 2. The molecule has 5 nitrogen and oxygen atoms in total. The van der Waals surface area contributed by atoms with Crippen LogP contribution in [0.5, 0.6) is 0 Å². The van der Waals surface area contributed by atoms with Crippen molar-refractivity contribution in [3.63, 3.8) is 0 Å². The van der Waals surface area contributed by atoms with Crippen LogP contribution >= 0.6 is 0 Å². The second kappa shape index (κ2) is 7.12. The van der Waals surface area contributed by atoms with Crippen molar-refractivity contribution >= 4 is 22.5 Å². The van der Waals surface area contributed by atoms with E-state index in [1.165, 1.54) is 0 Å². The van der Waals surface area contributed by atoms with Gasteiger partial charge in [-0.3, -0.25) is 4.98 Å². The number of aromatic amines is 1. The number of nitriles is 1. The highest BCUT2D eigenvalue weighted by Crippen LogP contribution is 2.25. The summed E-state index contributed by atoms with van der Waals surface area (Å²) < 4.78 is 2.13. The number of nitrogens with zero attached hydrogens (tertiary/aromatic N) is 3. The lowest BCUT2D eigenvalue weighted by molar-refractivity contribution is -0.465. The van der Waals surface area contributed by atoms with Gasteiger partial charge in [0.1, 0.15) is 22.7 Å². The zero-order valence-electron chi connectivity index (χ0n) is 15.4. The molecule has 130 valence electrons. The number of anilines is 1. The molecule has 0 spiro atoms. The maximum absolute atomic E-state index is 9.75. The van der Waals surface area contributed by atoms with Gasteiger partial charge in [-0.15, -0.1) is 0 Å². The lowest BCUT2D eigenvalue weighted by Crippen LogP contribution is -2.29. The molecule has 2 aromatic heterocycles. The quantitative estimate of drug-likeness (QED) is 0.536. The Bertz CT molecular complexity index is 931. The van der Waals surface area contributed by atoms with Crippen molar-refractivity contribution in [1.82, 2.24) is 9.88 Å². The number of pyridine rings is 1. The highest BCUT2D eigenvalue weighted by molar-refractivity contribution is 5.77. The average molecular weight is 336 g/mol. The Kier molecular flexibility index (Phi) is 4.91. The van der Waals surface area contributed by atoms with Crippen molar-refractivity contribution < 1.29 is 4.40 Å². The summed E-state index contributed by atoms with van der Waals surface area (Å²) in [6.07, 6.45) is 1.06. The van der Waals surface area contributed by atoms with Gasteiger partial charge in [-0.25, -0.2) is 0 Å². The third kappa shape index (κ3) is 3.31. The van der Waals surface area contributed by atoms with Gasteiger partial charge in [0, 0.05) is 12.6 Å². The largest absolute Gasteiger partial charge is 0.309 e. The van der Waals surface area contributed by atoms with E-state index in [0.29, 0.717) is 0 Å². The van der Waals surface area contributed by atoms with Gasteiger partial charge < -0.3 is 10.2 Å². The van der Waals surface area contributed by atoms with Gasteiger partial charge in [-0.1, -0.05) is 26.0 Å². The maximum Gasteiger partial charge on any atom is 0.250 e. The molecule has 0 radical (unpaired) electrons. The predicted molar refractivity (Wildman–Crippen MR) is 102 cm³/mol. The predicted octanol–water partition coefficient (Wildman–Crippen LogP) is 3.27. The van der Waals surface area contributed by atoms with Crippen LogP contribution in [0.2, 0.25) is 0 Å². The van der Waals surface area contributed by atoms with Gasteiger partial charge >= 0.3 is 0 Å². The third-order valence-corrected chi connectivity index (χ3v) is 4.50. The fourth-order valence-corrected chi connectivity index (χ4v) is 3.24. The van der Waals surface area contributed by atoms with Crippen molar-refractivity contribution in [2.75, 3.05) is 32.5 Å². The van der Waals surface area contributed by atoms with Gasteiger partial charge in [0.05, 0.1) is 6.54 Å². The summed E-state index contributed by atoms with van der Waals surface area (Å²) in [5.74, 6) is 1.32. The lowest BCUT2D eigenvalue weighted by Gasteiger charge is -2.12. The molecule has 0 aliphatic heterocycles. The molecule has 5 heteroatoms. The molecular weight excluding hydrogens is 310 g/mol. The van der Waals surface area contributed by atoms with E-state index in [1.54, 1.807) is 0 Å². The molecule has 2 N–H and O–H groups in total. The summed E-state index contributed by atoms with van der Waals surface area (Å²) in [4.78, 5) is 5.62. The molecule has 0 amide bonds. The van der Waals surface area contributed by atoms with Crippen LogP contribution in [0.15, 0.2) is 30.3 Å². The Hall–Kier alpha value is -2.58. The second-order valence-corrected chi connectivity index (χ2v) is 7.04. The Labute approximate surface area is 148 Å². The number of para-hydroxylation sites is 2. The molecule has 0 bridgehead atoms. The van der Waals surface area contributed by atoms with Crippen LogP contribution < -0.4 is 9.72 Å². The highest BCUT2D eigenvalue weighted by Gasteiger charge is 2.22. The first-order valence-electron chi connectivity index (χ1n) is 8.81. The molecule has 0 fully saturated rings. The molecule has 0 saturated heterocycles. The number of hydrogen-bond acceptors (Lipinski definition) is 3. The lowest BCUT2D eigenvalue weighted by atomic mass is 9.99. The fraction of sp³-hybridized carbons (Fsp3) is 0.400. The van der Waals surface area contributed by atoms with Crippen LogP contribution in [0.1, 0.15) is 37.3 Å². The van der Waals surface area contributed by atoms with Crippen LogP contribution in [-0.2, 0) is 0 Å². The standard InChI is InChI=1S/C20H25N5/c1-14(2)15-12-19(22-10-7-11-24(3)4)25-18-9-6-5-8-17(18)23-20(25)16(15)13-21/h5-6,8-9,12,14H,7,10-11H2,1-4H3,(H,22,23)/p+1. The molecule has 2 heterocycles. The molecule has 0 aliphatic rings. The van der Waals surface area contributed by atoms with E-state index in [9.17, 15) is 5.26 Å². The molecular formula is C20H26N5+. The molecule has 3 rings (SSSR count). The molecule has 25 heavy (non-hydrogen) atoms. The molecule has 1 aromatic carbocycles. The number of rotatable bonds is 6. The zero-order chi connectivity index (χ0) is 18.0. The van der Waals surface area contributed by atoms with E-state index in [0.717, 1.165) is 53.1 Å². The number of nitrogens with one attached hydrogen (secondary N) is 2. The number of fused-ring (bicyclic) bond motifs is 3. The number of hydrogen-bond donors (Lipinski definition) is 2. The average Bonchev–Trinajstić information content (AvgIpc) is 2.97. The van der Waals surface area contributed by atoms with Gasteiger partial charge in [0.25, 0.3) is 0 Å². The summed E-state index contributed by atoms with van der Waals surface area (Å²) >= 11 is 0. The Morgan fingerprint density at radius 2 is 2.04 bits per heavy atom. The minimum Gasteiger partial charge on any atom is -0.309 e. The van der Waals surface area contributed by atoms with E-state index >= 15 is 0 Å². The topological polar surface area (TPSA) is 58.9 Å². The summed E-state index contributed by atoms with van der Waals surface area (Å²) in [6.45, 7) is 6.20. The Balaban J connectivity index is 2.14. The van der Waals surface area contributed by atoms with Crippen molar-refractivity contribution in [1.29, 1.82) is 5.26 Å². The highest BCUT2D eigenvalue weighted by atomic mass is 15.1. The molecule has 3 aromatic rings. The first kappa shape index (κ1) is 17.2. The van der Waals surface area contributed by atoms with Crippen LogP contribution in [0.3, 0.4) is 0 Å². The molecule has 0 unspecified atom stereocenters. The maximum atomic E-state index is 9.75. The number of imidazole rings is 1. The minimum absolute atomic E-state index is 0.286. The minimum atomic E-state index is 0.286. The van der Waals surface area contributed by atoms with E-state index in [-0.39, 0.29) is 5.92 Å². The molecule has 0 aliphatic carbocycles. The van der Waals surface area contributed by atoms with Crippen molar-refractivity contribution in [2.24, 2.45) is 0 Å². The molecule has 0 atom stereocenters. The first-order chi connectivity index (χ1) is 12.0. The number of H-pyrrole nitrogens is 1. The fourth-order valence-electron chi connectivity index (χ4n) is 3.24. The first-order valence-corrected chi connectivity index (χ1v) is 8.81. The monoisotopic (exact) mass is 336 g/mol. The summed E-state index contributed by atoms with van der Waals surface area (Å²) in [5, 5.41) is 13.3. The Morgan fingerprint density at radius 1 is 1.28 bits per heavy atom. The summed E-state index contributed by atoms with van der Waals surface area (Å²) in [6, 6.07) is 12.7.